The second kappa shape index (κ2) is 2.62. The van der Waals surface area contributed by atoms with Crippen LogP contribution in [-0.4, -0.2) is 18.8 Å². The van der Waals surface area contributed by atoms with Crippen molar-refractivity contribution in [3.05, 3.63) is 0 Å². The highest BCUT2D eigenvalue weighted by Crippen LogP contribution is 2.62. The van der Waals surface area contributed by atoms with Crippen molar-refractivity contribution in [3.8, 4) is 0 Å². The first-order valence-electron chi connectivity index (χ1n) is 4.39. The summed E-state index contributed by atoms with van der Waals surface area (Å²) in [6, 6.07) is -0.0263. The Kier molecular flexibility index (Phi) is 2.19. The van der Waals surface area contributed by atoms with E-state index >= 15 is 0 Å². The van der Waals surface area contributed by atoms with Crippen molar-refractivity contribution >= 4 is 0 Å². The molecule has 0 aromatic carbocycles. The quantitative estimate of drug-likeness (QED) is 0.714. The predicted octanol–water partition coefficient (Wildman–Crippen LogP) is 2.57. The van der Waals surface area contributed by atoms with Crippen LogP contribution in [0.2, 0.25) is 0 Å². The molecule has 13 heavy (non-hydrogen) atoms. The van der Waals surface area contributed by atoms with Crippen LogP contribution in [0, 0.1) is 10.8 Å². The van der Waals surface area contributed by atoms with E-state index in [0.717, 1.165) is 0 Å². The first-order chi connectivity index (χ1) is 5.59. The Bertz CT molecular complexity index is 191. The van der Waals surface area contributed by atoms with Gasteiger partial charge in [-0.25, -0.2) is 0 Å². The van der Waals surface area contributed by atoms with Gasteiger partial charge < -0.3 is 5.32 Å². The lowest BCUT2D eigenvalue weighted by atomic mass is 10.0. The summed E-state index contributed by atoms with van der Waals surface area (Å²) in [5.41, 5.74) is -0.0590. The van der Waals surface area contributed by atoms with E-state index in [1.807, 2.05) is 27.7 Å². The van der Waals surface area contributed by atoms with Gasteiger partial charge in [0.05, 0.1) is 6.54 Å². The van der Waals surface area contributed by atoms with Gasteiger partial charge in [-0.15, -0.1) is 0 Å². The van der Waals surface area contributed by atoms with Crippen LogP contribution in [0.4, 0.5) is 13.2 Å². The Hall–Kier alpha value is -0.250. The summed E-state index contributed by atoms with van der Waals surface area (Å²) in [7, 11) is 0. The number of hydrogen-bond acceptors (Lipinski definition) is 1. The van der Waals surface area contributed by atoms with E-state index in [9.17, 15) is 13.2 Å². The lowest BCUT2D eigenvalue weighted by Gasteiger charge is -2.09. The van der Waals surface area contributed by atoms with Gasteiger partial charge in [0.25, 0.3) is 0 Å². The van der Waals surface area contributed by atoms with Gasteiger partial charge in [0, 0.05) is 6.04 Å². The van der Waals surface area contributed by atoms with Crippen LogP contribution in [0.15, 0.2) is 0 Å². The zero-order valence-electron chi connectivity index (χ0n) is 8.42. The molecule has 78 valence electrons. The van der Waals surface area contributed by atoms with E-state index in [1.165, 1.54) is 0 Å². The fourth-order valence-corrected chi connectivity index (χ4v) is 1.92. The molecule has 1 nitrogen and oxygen atoms in total. The zero-order valence-corrected chi connectivity index (χ0v) is 8.42. The Morgan fingerprint density at radius 1 is 1.08 bits per heavy atom. The number of hydrogen-bond donors (Lipinski definition) is 1. The van der Waals surface area contributed by atoms with Crippen molar-refractivity contribution in [2.45, 2.75) is 39.9 Å². The zero-order chi connectivity index (χ0) is 10.5. The van der Waals surface area contributed by atoms with E-state index in [2.05, 4.69) is 5.32 Å². The van der Waals surface area contributed by atoms with Gasteiger partial charge in [-0.05, 0) is 10.8 Å². The van der Waals surface area contributed by atoms with Gasteiger partial charge in [-0.1, -0.05) is 27.7 Å². The van der Waals surface area contributed by atoms with Gasteiger partial charge in [-0.2, -0.15) is 13.2 Å². The van der Waals surface area contributed by atoms with Crippen molar-refractivity contribution in [2.24, 2.45) is 10.8 Å². The molecule has 0 amide bonds. The number of nitrogens with one attached hydrogen (secondary N) is 1. The summed E-state index contributed by atoms with van der Waals surface area (Å²) < 4.78 is 35.7. The molecule has 0 spiro atoms. The molecule has 0 unspecified atom stereocenters. The van der Waals surface area contributed by atoms with E-state index in [0.29, 0.717) is 0 Å². The van der Waals surface area contributed by atoms with Crippen molar-refractivity contribution in [3.63, 3.8) is 0 Å². The van der Waals surface area contributed by atoms with E-state index in [1.54, 1.807) is 0 Å². The third-order valence-electron chi connectivity index (χ3n) is 3.53. The molecule has 1 saturated carbocycles. The minimum atomic E-state index is -4.10. The highest BCUT2D eigenvalue weighted by molar-refractivity contribution is 5.17. The molecule has 4 heteroatoms. The van der Waals surface area contributed by atoms with Gasteiger partial charge >= 0.3 is 6.18 Å². The standard InChI is InChI=1S/C9H16F3N/c1-7(2)6(8(7,3)4)13-5-9(10,11)12/h6,13H,5H2,1-4H3. The highest BCUT2D eigenvalue weighted by Gasteiger charge is 2.64. The summed E-state index contributed by atoms with van der Waals surface area (Å²) in [5, 5.41) is 2.55. The van der Waals surface area contributed by atoms with Crippen molar-refractivity contribution < 1.29 is 13.2 Å². The summed E-state index contributed by atoms with van der Waals surface area (Å²) in [5.74, 6) is 0. The number of rotatable bonds is 2. The van der Waals surface area contributed by atoms with Crippen molar-refractivity contribution in [2.75, 3.05) is 6.54 Å². The fourth-order valence-electron chi connectivity index (χ4n) is 1.92. The maximum Gasteiger partial charge on any atom is 0.401 e. The summed E-state index contributed by atoms with van der Waals surface area (Å²) in [6.07, 6.45) is -4.10. The predicted molar refractivity (Wildman–Crippen MR) is 45.4 cm³/mol. The van der Waals surface area contributed by atoms with Gasteiger partial charge in [0.2, 0.25) is 0 Å². The SMILES string of the molecule is CC1(C)C(NCC(F)(F)F)C1(C)C. The third kappa shape index (κ3) is 1.82. The summed E-state index contributed by atoms with van der Waals surface area (Å²) in [4.78, 5) is 0. The van der Waals surface area contributed by atoms with Gasteiger partial charge in [0.15, 0.2) is 0 Å². The summed E-state index contributed by atoms with van der Waals surface area (Å²) in [6.45, 7) is 7.06. The minimum Gasteiger partial charge on any atom is -0.305 e. The second-order valence-electron chi connectivity index (χ2n) is 4.87. The van der Waals surface area contributed by atoms with Crippen LogP contribution in [0.1, 0.15) is 27.7 Å². The second-order valence-corrected chi connectivity index (χ2v) is 4.87. The van der Waals surface area contributed by atoms with Crippen LogP contribution < -0.4 is 5.32 Å². The normalized spacial score (nSPS) is 26.1. The average Bonchev–Trinajstić information content (AvgIpc) is 2.19. The van der Waals surface area contributed by atoms with Crippen LogP contribution in [0.3, 0.4) is 0 Å². The first-order valence-corrected chi connectivity index (χ1v) is 4.39. The lowest BCUT2D eigenvalue weighted by Crippen LogP contribution is -2.33. The van der Waals surface area contributed by atoms with Gasteiger partial charge in [0.1, 0.15) is 0 Å². The Morgan fingerprint density at radius 3 is 1.69 bits per heavy atom. The van der Waals surface area contributed by atoms with E-state index < -0.39 is 12.7 Å². The molecule has 0 heterocycles. The molecule has 1 aliphatic carbocycles. The molecule has 1 N–H and O–H groups in total. The first kappa shape index (κ1) is 10.8. The monoisotopic (exact) mass is 195 g/mol. The maximum absolute atomic E-state index is 11.9. The van der Waals surface area contributed by atoms with E-state index in [-0.39, 0.29) is 16.9 Å². The molecule has 0 aliphatic heterocycles. The highest BCUT2D eigenvalue weighted by atomic mass is 19.4. The van der Waals surface area contributed by atoms with Crippen LogP contribution in [0.5, 0.6) is 0 Å². The molecule has 0 bridgehead atoms. The van der Waals surface area contributed by atoms with Crippen LogP contribution >= 0.6 is 0 Å². The molecular weight excluding hydrogens is 179 g/mol. The lowest BCUT2D eigenvalue weighted by molar-refractivity contribution is -0.125. The molecule has 0 aromatic heterocycles. The smallest absolute Gasteiger partial charge is 0.305 e. The molecule has 1 rings (SSSR count). The van der Waals surface area contributed by atoms with Crippen molar-refractivity contribution in [1.82, 2.24) is 5.32 Å². The third-order valence-corrected chi connectivity index (χ3v) is 3.53. The molecule has 1 fully saturated rings. The minimum absolute atomic E-state index is 0.0263. The molecule has 0 radical (unpaired) electrons. The number of halogens is 3. The largest absolute Gasteiger partial charge is 0.401 e. The Balaban J connectivity index is 2.43. The molecule has 0 aromatic rings. The van der Waals surface area contributed by atoms with Crippen LogP contribution in [-0.2, 0) is 0 Å². The Labute approximate surface area is 76.7 Å². The van der Waals surface area contributed by atoms with Gasteiger partial charge in [-0.3, -0.25) is 0 Å². The molecule has 0 atom stereocenters. The molecular formula is C9H16F3N. The average molecular weight is 195 g/mol. The van der Waals surface area contributed by atoms with Crippen LogP contribution in [0.25, 0.3) is 0 Å². The fraction of sp³-hybridized carbons (Fsp3) is 1.00. The van der Waals surface area contributed by atoms with E-state index in [4.69, 9.17) is 0 Å². The Morgan fingerprint density at radius 2 is 1.46 bits per heavy atom. The molecule has 1 aliphatic rings. The molecule has 0 saturated heterocycles. The van der Waals surface area contributed by atoms with Crippen molar-refractivity contribution in [1.29, 1.82) is 0 Å². The maximum atomic E-state index is 11.9. The number of alkyl halides is 3. The topological polar surface area (TPSA) is 12.0 Å². The summed E-state index contributed by atoms with van der Waals surface area (Å²) >= 11 is 0.